The molecule has 0 aromatic heterocycles. The molecule has 0 aromatic carbocycles. The molecule has 0 fully saturated rings. The predicted molar refractivity (Wildman–Crippen MR) is 40.9 cm³/mol. The number of hydrogen-bond acceptors (Lipinski definition) is 2. The molecule has 0 spiro atoms. The Bertz CT molecular complexity index is 156. The fourth-order valence-electron chi connectivity index (χ4n) is 0.248. The Morgan fingerprint density at radius 1 is 1.44 bits per heavy atom. The molecule has 0 radical (unpaired) electrons. The summed E-state index contributed by atoms with van der Waals surface area (Å²) in [6, 6.07) is 0. The van der Waals surface area contributed by atoms with Crippen LogP contribution in [-0.4, -0.2) is 24.8 Å². The van der Waals surface area contributed by atoms with Crippen molar-refractivity contribution in [3.05, 3.63) is 0 Å². The van der Waals surface area contributed by atoms with Gasteiger partial charge >= 0.3 is 0 Å². The molecule has 50 valence electrons. The first-order valence-electron chi connectivity index (χ1n) is 2.69. The summed E-state index contributed by atoms with van der Waals surface area (Å²) < 4.78 is 0. The molecule has 0 bridgehead atoms. The van der Waals surface area contributed by atoms with Crippen LogP contribution in [0.25, 0.3) is 0 Å². The van der Waals surface area contributed by atoms with Crippen molar-refractivity contribution in [2.24, 2.45) is 9.98 Å². The second-order valence-electron chi connectivity index (χ2n) is 1.71. The number of nitrogens with one attached hydrogen (secondary N) is 1. The zero-order valence-corrected chi connectivity index (χ0v) is 5.97. The zero-order valence-electron chi connectivity index (χ0n) is 5.97. The van der Waals surface area contributed by atoms with Gasteiger partial charge in [0, 0.05) is 19.0 Å². The lowest BCUT2D eigenvalue weighted by molar-refractivity contribution is 1.41. The van der Waals surface area contributed by atoms with E-state index in [4.69, 9.17) is 5.41 Å². The standard InChI is InChI=1S/C6H11N3/c1-5(8-3)4-9-6(2)7/h4,7H,1-3H3. The highest BCUT2D eigenvalue weighted by molar-refractivity contribution is 6.31. The Morgan fingerprint density at radius 2 is 2.00 bits per heavy atom. The van der Waals surface area contributed by atoms with Crippen LogP contribution in [0.1, 0.15) is 13.8 Å². The topological polar surface area (TPSA) is 48.6 Å². The third-order valence-electron chi connectivity index (χ3n) is 0.798. The van der Waals surface area contributed by atoms with Gasteiger partial charge in [0.05, 0.1) is 0 Å². The fraction of sp³-hybridized carbons (Fsp3) is 0.500. The molecule has 0 aliphatic heterocycles. The number of hydrogen-bond donors (Lipinski definition) is 1. The molecule has 9 heavy (non-hydrogen) atoms. The maximum Gasteiger partial charge on any atom is 0.117 e. The van der Waals surface area contributed by atoms with Gasteiger partial charge in [-0.25, -0.2) is 4.99 Å². The van der Waals surface area contributed by atoms with Gasteiger partial charge in [-0.05, 0) is 13.8 Å². The Labute approximate surface area is 55.0 Å². The van der Waals surface area contributed by atoms with Gasteiger partial charge in [-0.1, -0.05) is 0 Å². The Hall–Kier alpha value is -0.990. The van der Waals surface area contributed by atoms with Gasteiger partial charge in [-0.2, -0.15) is 0 Å². The van der Waals surface area contributed by atoms with Crippen LogP contribution in [0, 0.1) is 5.41 Å². The van der Waals surface area contributed by atoms with Crippen LogP contribution in [0.2, 0.25) is 0 Å². The Morgan fingerprint density at radius 3 is 2.33 bits per heavy atom. The number of rotatable bonds is 1. The summed E-state index contributed by atoms with van der Waals surface area (Å²) in [5, 5.41) is 6.91. The van der Waals surface area contributed by atoms with E-state index in [2.05, 4.69) is 9.98 Å². The first kappa shape index (κ1) is 8.01. The lowest BCUT2D eigenvalue weighted by Gasteiger charge is -1.84. The molecule has 0 aliphatic carbocycles. The van der Waals surface area contributed by atoms with Crippen molar-refractivity contribution in [3.8, 4) is 0 Å². The monoisotopic (exact) mass is 125 g/mol. The first-order chi connectivity index (χ1) is 4.16. The van der Waals surface area contributed by atoms with Crippen molar-refractivity contribution in [1.29, 1.82) is 5.41 Å². The van der Waals surface area contributed by atoms with E-state index in [0.29, 0.717) is 5.84 Å². The van der Waals surface area contributed by atoms with E-state index in [-0.39, 0.29) is 0 Å². The average Bonchev–Trinajstić information content (AvgIpc) is 1.83. The van der Waals surface area contributed by atoms with Gasteiger partial charge in [0.2, 0.25) is 0 Å². The first-order valence-corrected chi connectivity index (χ1v) is 2.69. The van der Waals surface area contributed by atoms with E-state index in [1.54, 1.807) is 20.2 Å². The van der Waals surface area contributed by atoms with Gasteiger partial charge in [-0.3, -0.25) is 10.4 Å². The molecule has 0 saturated heterocycles. The minimum Gasteiger partial charge on any atom is -0.292 e. The SMILES string of the molecule is CN=C(C)C=NC(C)=N. The Balaban J connectivity index is 3.86. The van der Waals surface area contributed by atoms with Gasteiger partial charge in [0.1, 0.15) is 5.84 Å². The normalized spacial score (nSPS) is 12.6. The van der Waals surface area contributed by atoms with E-state index < -0.39 is 0 Å². The van der Waals surface area contributed by atoms with Crippen molar-refractivity contribution in [1.82, 2.24) is 0 Å². The molecule has 0 aliphatic rings. The molecule has 0 atom stereocenters. The van der Waals surface area contributed by atoms with Crippen molar-refractivity contribution in [3.63, 3.8) is 0 Å². The molecule has 0 rings (SSSR count). The van der Waals surface area contributed by atoms with E-state index in [1.165, 1.54) is 0 Å². The highest BCUT2D eigenvalue weighted by Crippen LogP contribution is 1.72. The maximum atomic E-state index is 6.91. The molecule has 0 amide bonds. The lowest BCUT2D eigenvalue weighted by atomic mass is 10.5. The summed E-state index contributed by atoms with van der Waals surface area (Å²) in [4.78, 5) is 7.55. The largest absolute Gasteiger partial charge is 0.292 e. The van der Waals surface area contributed by atoms with Crippen LogP contribution in [0.3, 0.4) is 0 Å². The summed E-state index contributed by atoms with van der Waals surface area (Å²) in [7, 11) is 1.70. The third kappa shape index (κ3) is 4.87. The van der Waals surface area contributed by atoms with Crippen LogP contribution in [0.4, 0.5) is 0 Å². The fourth-order valence-corrected chi connectivity index (χ4v) is 0.248. The molecule has 0 saturated carbocycles. The number of amidine groups is 1. The Kier molecular flexibility index (Phi) is 3.51. The van der Waals surface area contributed by atoms with Crippen LogP contribution >= 0.6 is 0 Å². The van der Waals surface area contributed by atoms with Crippen molar-refractivity contribution < 1.29 is 0 Å². The average molecular weight is 125 g/mol. The van der Waals surface area contributed by atoms with Gasteiger partial charge < -0.3 is 0 Å². The lowest BCUT2D eigenvalue weighted by Crippen LogP contribution is -1.93. The molecular weight excluding hydrogens is 114 g/mol. The third-order valence-corrected chi connectivity index (χ3v) is 0.798. The van der Waals surface area contributed by atoms with Crippen LogP contribution in [-0.2, 0) is 0 Å². The van der Waals surface area contributed by atoms with Crippen molar-refractivity contribution >= 4 is 17.8 Å². The molecular formula is C6H11N3. The van der Waals surface area contributed by atoms with Crippen molar-refractivity contribution in [2.75, 3.05) is 7.05 Å². The summed E-state index contributed by atoms with van der Waals surface area (Å²) in [5.41, 5.74) is 0.835. The molecule has 3 heteroatoms. The molecule has 0 aromatic rings. The highest BCUT2D eigenvalue weighted by Gasteiger charge is 1.79. The zero-order chi connectivity index (χ0) is 7.28. The van der Waals surface area contributed by atoms with Crippen LogP contribution in [0.15, 0.2) is 9.98 Å². The van der Waals surface area contributed by atoms with Crippen LogP contribution < -0.4 is 0 Å². The van der Waals surface area contributed by atoms with Crippen LogP contribution in [0.5, 0.6) is 0 Å². The smallest absolute Gasteiger partial charge is 0.117 e. The second-order valence-corrected chi connectivity index (χ2v) is 1.71. The summed E-state index contributed by atoms with van der Waals surface area (Å²) in [6.45, 7) is 3.46. The molecule has 0 unspecified atom stereocenters. The summed E-state index contributed by atoms with van der Waals surface area (Å²) in [6.07, 6.45) is 1.57. The quantitative estimate of drug-likeness (QED) is 0.403. The second kappa shape index (κ2) is 3.95. The summed E-state index contributed by atoms with van der Waals surface area (Å²) in [5.74, 6) is 0.304. The van der Waals surface area contributed by atoms with E-state index >= 15 is 0 Å². The van der Waals surface area contributed by atoms with Gasteiger partial charge in [0.25, 0.3) is 0 Å². The maximum absolute atomic E-state index is 6.91. The minimum atomic E-state index is 0.304. The molecule has 3 nitrogen and oxygen atoms in total. The number of nitrogens with zero attached hydrogens (tertiary/aromatic N) is 2. The molecule has 1 N–H and O–H groups in total. The van der Waals surface area contributed by atoms with Gasteiger partial charge in [-0.15, -0.1) is 0 Å². The predicted octanol–water partition coefficient (Wildman–Crippen LogP) is 1.15. The van der Waals surface area contributed by atoms with E-state index in [0.717, 1.165) is 5.71 Å². The number of aliphatic imine (C=N–C) groups is 2. The van der Waals surface area contributed by atoms with E-state index in [9.17, 15) is 0 Å². The minimum absolute atomic E-state index is 0.304. The van der Waals surface area contributed by atoms with Crippen molar-refractivity contribution in [2.45, 2.75) is 13.8 Å². The van der Waals surface area contributed by atoms with Gasteiger partial charge in [0.15, 0.2) is 0 Å². The summed E-state index contributed by atoms with van der Waals surface area (Å²) >= 11 is 0. The molecule has 0 heterocycles. The van der Waals surface area contributed by atoms with E-state index in [1.807, 2.05) is 6.92 Å². The highest BCUT2D eigenvalue weighted by atomic mass is 14.8.